The number of nitrogens with two attached hydrogens (primary N) is 2. The van der Waals surface area contributed by atoms with Crippen molar-refractivity contribution in [1.82, 2.24) is 0 Å². The molecule has 4 rings (SSSR count). The van der Waals surface area contributed by atoms with Crippen LogP contribution < -0.4 is 11.5 Å². The van der Waals surface area contributed by atoms with Crippen LogP contribution in [0.4, 0.5) is 11.4 Å². The Balaban J connectivity index is 0.000000293. The lowest BCUT2D eigenvalue weighted by molar-refractivity contribution is 0.100. The minimum absolute atomic E-state index is 0.0967. The van der Waals surface area contributed by atoms with E-state index in [2.05, 4.69) is 185 Å². The molecule has 0 aliphatic heterocycles. The molecule has 44 heavy (non-hydrogen) atoms. The molecule has 4 aromatic rings. The zero-order chi connectivity index (χ0) is 33.7. The predicted octanol–water partition coefficient (Wildman–Crippen LogP) is 12.0. The molecular formula is C34H32I6N2O2. The smallest absolute Gasteiger partial charge is 0.163 e. The monoisotopic (exact) mass is 1260 g/mol. The van der Waals surface area contributed by atoms with Crippen molar-refractivity contribution in [2.24, 2.45) is 0 Å². The van der Waals surface area contributed by atoms with Gasteiger partial charge in [-0.05, 0) is 223 Å². The van der Waals surface area contributed by atoms with Crippen molar-refractivity contribution in [3.8, 4) is 0 Å². The van der Waals surface area contributed by atoms with E-state index in [1.807, 2.05) is 32.0 Å². The highest BCUT2D eigenvalue weighted by Crippen LogP contribution is 2.26. The average molecular weight is 1260 g/mol. The van der Waals surface area contributed by atoms with Crippen LogP contribution in [0.3, 0.4) is 0 Å². The van der Waals surface area contributed by atoms with Gasteiger partial charge < -0.3 is 11.5 Å². The summed E-state index contributed by atoms with van der Waals surface area (Å²) in [5.41, 5.74) is 18.0. The molecule has 0 spiro atoms. The Kier molecular flexibility index (Phi) is 19.7. The lowest BCUT2D eigenvalue weighted by Gasteiger charge is -2.05. The topological polar surface area (TPSA) is 86.2 Å². The number of allylic oxidation sites excluding steroid dienone is 2. The molecule has 0 aliphatic carbocycles. The zero-order valence-corrected chi connectivity index (χ0v) is 37.5. The molecule has 0 radical (unpaired) electrons. The van der Waals surface area contributed by atoms with Crippen molar-refractivity contribution in [3.05, 3.63) is 130 Å². The van der Waals surface area contributed by atoms with Gasteiger partial charge in [0.1, 0.15) is 0 Å². The Morgan fingerprint density at radius 2 is 0.682 bits per heavy atom. The van der Waals surface area contributed by atoms with Crippen molar-refractivity contribution in [2.45, 2.75) is 27.7 Å². The van der Waals surface area contributed by atoms with Crippen LogP contribution in [-0.4, -0.2) is 11.6 Å². The third-order valence-corrected chi connectivity index (χ3v) is 11.0. The molecule has 0 unspecified atom stereocenters. The highest BCUT2D eigenvalue weighted by Gasteiger charge is 2.08. The number of Topliss-reactive ketones (excluding diaryl/α,β-unsaturated/α-hetero) is 2. The van der Waals surface area contributed by atoms with Gasteiger partial charge in [0.05, 0.1) is 5.56 Å². The molecule has 0 aromatic heterocycles. The summed E-state index contributed by atoms with van der Waals surface area (Å²) in [5.74, 6) is 0.0417. The second kappa shape index (κ2) is 20.8. The standard InChI is InChI=1S/2C9H8I2.C8H6I2O.C8H10N2O/c2*1-6(2)9-7(10)4-3-5-8(9)11;2*1-5(11)8-6(9)3-2-4-7(8)10/h2*3-5H,1H2,2H3;2-4H,1H3;2-4H,9-10H2,1H3. The van der Waals surface area contributed by atoms with Gasteiger partial charge in [-0.2, -0.15) is 0 Å². The van der Waals surface area contributed by atoms with E-state index in [9.17, 15) is 9.59 Å². The average Bonchev–Trinajstić information content (AvgIpc) is 2.89. The summed E-state index contributed by atoms with van der Waals surface area (Å²) >= 11 is 13.7. The Bertz CT molecular complexity index is 1340. The number of rotatable bonds is 4. The van der Waals surface area contributed by atoms with Gasteiger partial charge in [-0.3, -0.25) is 9.59 Å². The number of carbonyl (C=O) groups is 2. The molecule has 4 nitrogen and oxygen atoms in total. The van der Waals surface area contributed by atoms with Crippen LogP contribution in [0, 0.1) is 21.4 Å². The highest BCUT2D eigenvalue weighted by molar-refractivity contribution is 14.1. The second-order valence-electron chi connectivity index (χ2n) is 9.27. The summed E-state index contributed by atoms with van der Waals surface area (Å²) in [6, 6.07) is 23.4. The molecule has 0 aliphatic rings. The van der Waals surface area contributed by atoms with Crippen LogP contribution in [0.25, 0.3) is 11.1 Å². The van der Waals surface area contributed by atoms with E-state index in [0.29, 0.717) is 16.9 Å². The van der Waals surface area contributed by atoms with Crippen LogP contribution >= 0.6 is 136 Å². The number of nitrogen functional groups attached to an aromatic ring is 2. The molecule has 0 fully saturated rings. The molecule has 0 atom stereocenters. The summed E-state index contributed by atoms with van der Waals surface area (Å²) in [4.78, 5) is 22.0. The van der Waals surface area contributed by atoms with E-state index >= 15 is 0 Å². The third-order valence-electron chi connectivity index (χ3n) is 5.57. The quantitative estimate of drug-likeness (QED) is 0.121. The molecule has 0 saturated carbocycles. The Labute approximate surface area is 342 Å². The Hall–Kier alpha value is -0.320. The molecule has 10 heteroatoms. The zero-order valence-electron chi connectivity index (χ0n) is 24.6. The summed E-state index contributed by atoms with van der Waals surface area (Å²) in [7, 11) is 0. The van der Waals surface area contributed by atoms with Gasteiger partial charge in [-0.1, -0.05) is 37.4 Å². The van der Waals surface area contributed by atoms with Crippen LogP contribution in [0.1, 0.15) is 59.5 Å². The summed E-state index contributed by atoms with van der Waals surface area (Å²) in [6.07, 6.45) is 0. The minimum atomic E-state index is -0.0967. The molecule has 232 valence electrons. The first-order valence-electron chi connectivity index (χ1n) is 12.8. The largest absolute Gasteiger partial charge is 0.398 e. The van der Waals surface area contributed by atoms with E-state index in [0.717, 1.165) is 23.9 Å². The maximum atomic E-state index is 11.1. The SMILES string of the molecule is C=C(C)c1c(I)cccc1I.C=C(C)c1c(I)cccc1I.CC(=O)c1c(I)cccc1I.CC(=O)c1c(N)cccc1N. The van der Waals surface area contributed by atoms with E-state index in [4.69, 9.17) is 11.5 Å². The van der Waals surface area contributed by atoms with E-state index < -0.39 is 0 Å². The van der Waals surface area contributed by atoms with E-state index in [-0.39, 0.29) is 11.6 Å². The molecular weight excluding hydrogens is 1230 g/mol. The molecule has 0 amide bonds. The number of hydrogen-bond acceptors (Lipinski definition) is 4. The highest BCUT2D eigenvalue weighted by atomic mass is 127. The van der Waals surface area contributed by atoms with Crippen molar-refractivity contribution in [2.75, 3.05) is 11.5 Å². The van der Waals surface area contributed by atoms with E-state index in [1.165, 1.54) is 32.3 Å². The lowest BCUT2D eigenvalue weighted by Crippen LogP contribution is -2.03. The maximum Gasteiger partial charge on any atom is 0.163 e. The van der Waals surface area contributed by atoms with Crippen LogP contribution in [-0.2, 0) is 0 Å². The number of carbonyl (C=O) groups excluding carboxylic acids is 2. The fourth-order valence-corrected chi connectivity index (χ4v) is 10.8. The van der Waals surface area contributed by atoms with Gasteiger partial charge in [0.25, 0.3) is 0 Å². The number of benzene rings is 4. The third kappa shape index (κ3) is 13.4. The van der Waals surface area contributed by atoms with Crippen molar-refractivity contribution in [1.29, 1.82) is 0 Å². The molecule has 0 bridgehead atoms. The minimum Gasteiger partial charge on any atom is -0.398 e. The van der Waals surface area contributed by atoms with Gasteiger partial charge in [-0.15, -0.1) is 0 Å². The predicted molar refractivity (Wildman–Crippen MR) is 240 cm³/mol. The van der Waals surface area contributed by atoms with Crippen LogP contribution in [0.2, 0.25) is 0 Å². The molecule has 4 aromatic carbocycles. The summed E-state index contributed by atoms with van der Waals surface area (Å²) in [6.45, 7) is 15.0. The van der Waals surface area contributed by atoms with E-state index in [1.54, 1.807) is 25.1 Å². The normalized spacial score (nSPS) is 9.68. The molecule has 4 N–H and O–H groups in total. The fourth-order valence-electron chi connectivity index (χ4n) is 3.64. The van der Waals surface area contributed by atoms with Gasteiger partial charge >= 0.3 is 0 Å². The fraction of sp³-hybridized carbons (Fsp3) is 0.118. The first kappa shape index (κ1) is 41.7. The summed E-state index contributed by atoms with van der Waals surface area (Å²) < 4.78 is 7.18. The number of hydrogen-bond donors (Lipinski definition) is 2. The summed E-state index contributed by atoms with van der Waals surface area (Å²) in [5, 5.41) is 0. The Morgan fingerprint density at radius 1 is 0.455 bits per heavy atom. The first-order chi connectivity index (χ1) is 20.5. The van der Waals surface area contributed by atoms with Crippen LogP contribution in [0.15, 0.2) is 86.0 Å². The van der Waals surface area contributed by atoms with Crippen molar-refractivity contribution < 1.29 is 9.59 Å². The molecule has 0 heterocycles. The number of ketones is 2. The Morgan fingerprint density at radius 3 is 0.841 bits per heavy atom. The maximum absolute atomic E-state index is 11.1. The number of anilines is 2. The first-order valence-corrected chi connectivity index (χ1v) is 19.3. The van der Waals surface area contributed by atoms with Gasteiger partial charge in [0.15, 0.2) is 11.6 Å². The van der Waals surface area contributed by atoms with Crippen molar-refractivity contribution >= 4 is 170 Å². The molecule has 0 saturated heterocycles. The number of halogens is 6. The second-order valence-corrected chi connectivity index (χ2v) is 16.2. The van der Waals surface area contributed by atoms with Gasteiger partial charge in [0, 0.05) is 49.5 Å². The van der Waals surface area contributed by atoms with Gasteiger partial charge in [0.2, 0.25) is 0 Å². The van der Waals surface area contributed by atoms with Gasteiger partial charge in [-0.25, -0.2) is 0 Å². The van der Waals surface area contributed by atoms with Crippen molar-refractivity contribution in [3.63, 3.8) is 0 Å². The lowest BCUT2D eigenvalue weighted by atomic mass is 10.1. The van der Waals surface area contributed by atoms with Crippen LogP contribution in [0.5, 0.6) is 0 Å².